The van der Waals surface area contributed by atoms with Crippen molar-refractivity contribution in [3.05, 3.63) is 9.39 Å². The van der Waals surface area contributed by atoms with Crippen molar-refractivity contribution in [1.29, 1.82) is 0 Å². The van der Waals surface area contributed by atoms with Crippen molar-refractivity contribution in [1.82, 2.24) is 15.0 Å². The number of carbonyl (C=O) groups is 5. The van der Waals surface area contributed by atoms with Gasteiger partial charge in [0.25, 0.3) is 0 Å². The van der Waals surface area contributed by atoms with Gasteiger partial charge in [0, 0.05) is 27.7 Å². The molecule has 0 N–H and O–H groups in total. The summed E-state index contributed by atoms with van der Waals surface area (Å²) in [7, 11) is 0. The van der Waals surface area contributed by atoms with Gasteiger partial charge in [0.15, 0.2) is 24.5 Å². The lowest BCUT2D eigenvalue weighted by atomic mass is 9.97. The number of hydrogen-bond donors (Lipinski definition) is 0. The predicted molar refractivity (Wildman–Crippen MR) is 116 cm³/mol. The predicted octanol–water partition coefficient (Wildman–Crippen LogP) is 0.315. The fourth-order valence-corrected chi connectivity index (χ4v) is 3.87. The maximum absolute atomic E-state index is 12.2. The van der Waals surface area contributed by atoms with Crippen LogP contribution in [0.3, 0.4) is 0 Å². The van der Waals surface area contributed by atoms with Crippen LogP contribution in [-0.4, -0.2) is 82.5 Å². The quantitative estimate of drug-likeness (QED) is 0.228. The molecule has 0 amide bonds. The van der Waals surface area contributed by atoms with Gasteiger partial charge in [0.05, 0.1) is 6.61 Å². The molecule has 5 atom stereocenters. The van der Waals surface area contributed by atoms with Gasteiger partial charge in [-0.1, -0.05) is 5.21 Å². The number of esters is 5. The minimum absolute atomic E-state index is 0.0980. The van der Waals surface area contributed by atoms with Gasteiger partial charge in [-0.05, 0) is 29.5 Å². The first-order chi connectivity index (χ1) is 16.0. The summed E-state index contributed by atoms with van der Waals surface area (Å²) in [6.07, 6.45) is -6.56. The van der Waals surface area contributed by atoms with Crippen LogP contribution in [-0.2, 0) is 47.6 Å². The van der Waals surface area contributed by atoms with E-state index in [-0.39, 0.29) is 16.0 Å². The third-order valence-electron chi connectivity index (χ3n) is 4.31. The second kappa shape index (κ2) is 12.0. The van der Waals surface area contributed by atoms with E-state index in [0.29, 0.717) is 0 Å². The summed E-state index contributed by atoms with van der Waals surface area (Å²) in [5, 5.41) is 7.72. The van der Waals surface area contributed by atoms with E-state index in [9.17, 15) is 24.0 Å². The monoisotopic (exact) mass is 597 g/mol. The summed E-state index contributed by atoms with van der Waals surface area (Å²) in [5.74, 6) is -3.68. The number of aromatic nitrogens is 3. The van der Waals surface area contributed by atoms with Gasteiger partial charge in [-0.2, -0.15) is 0 Å². The lowest BCUT2D eigenvalue weighted by Crippen LogP contribution is -2.60. The SMILES string of the molecule is CCOC(=O)c1nnn(C2OC(COC(C)=O)C(OC(C)=O)C(OC(C)=O)C2OC(C)=O)c1I. The van der Waals surface area contributed by atoms with Gasteiger partial charge in [-0.15, -0.1) is 5.10 Å². The minimum Gasteiger partial charge on any atom is -0.463 e. The topological polar surface area (TPSA) is 171 Å². The standard InChI is InChI=1S/C19H24IN3O11/c1-6-29-19(28)13-17(20)23(22-21-13)18-16(33-11(5)27)15(32-10(4)26)14(31-9(3)25)12(34-18)7-30-8(2)24/h12,14-16,18H,6-7H2,1-5H3. The molecule has 1 aliphatic rings. The number of ether oxygens (including phenoxy) is 6. The fourth-order valence-electron chi connectivity index (χ4n) is 3.17. The van der Waals surface area contributed by atoms with Crippen LogP contribution in [0.4, 0.5) is 0 Å². The molecule has 1 fully saturated rings. The molecular formula is C19H24IN3O11. The fraction of sp³-hybridized carbons (Fsp3) is 0.632. The maximum Gasteiger partial charge on any atom is 0.361 e. The number of hydrogen-bond acceptors (Lipinski definition) is 13. The Bertz CT molecular complexity index is 950. The molecule has 34 heavy (non-hydrogen) atoms. The lowest BCUT2D eigenvalue weighted by Gasteiger charge is -2.44. The Kier molecular flexibility index (Phi) is 9.72. The molecule has 1 aliphatic heterocycles. The number of rotatable bonds is 8. The summed E-state index contributed by atoms with van der Waals surface area (Å²) in [6, 6.07) is 0. The highest BCUT2D eigenvalue weighted by atomic mass is 127. The number of nitrogens with zero attached hydrogens (tertiary/aromatic N) is 3. The molecular weight excluding hydrogens is 573 g/mol. The van der Waals surface area contributed by atoms with E-state index in [0.717, 1.165) is 25.5 Å². The van der Waals surface area contributed by atoms with Crippen LogP contribution >= 0.6 is 22.6 Å². The zero-order chi connectivity index (χ0) is 25.6. The molecule has 1 aromatic heterocycles. The van der Waals surface area contributed by atoms with Crippen LogP contribution in [0.1, 0.15) is 51.3 Å². The smallest absolute Gasteiger partial charge is 0.361 e. The highest BCUT2D eigenvalue weighted by molar-refractivity contribution is 14.1. The zero-order valence-electron chi connectivity index (χ0n) is 19.0. The Morgan fingerprint density at radius 1 is 0.882 bits per heavy atom. The molecule has 1 aromatic rings. The first-order valence-corrected chi connectivity index (χ1v) is 11.1. The van der Waals surface area contributed by atoms with Crippen LogP contribution in [0.25, 0.3) is 0 Å². The largest absolute Gasteiger partial charge is 0.463 e. The van der Waals surface area contributed by atoms with Crippen LogP contribution in [0.2, 0.25) is 0 Å². The van der Waals surface area contributed by atoms with Crippen molar-refractivity contribution in [3.63, 3.8) is 0 Å². The molecule has 0 bridgehead atoms. The molecule has 5 unspecified atom stereocenters. The van der Waals surface area contributed by atoms with Crippen molar-refractivity contribution in [2.45, 2.75) is 65.3 Å². The Balaban J connectivity index is 2.59. The normalized spacial score (nSPS) is 24.0. The highest BCUT2D eigenvalue weighted by Crippen LogP contribution is 2.35. The molecule has 1 saturated heterocycles. The average Bonchev–Trinajstić information content (AvgIpc) is 3.10. The number of halogens is 1. The third kappa shape index (κ3) is 6.85. The maximum atomic E-state index is 12.2. The van der Waals surface area contributed by atoms with Crippen molar-refractivity contribution in [3.8, 4) is 0 Å². The van der Waals surface area contributed by atoms with Gasteiger partial charge < -0.3 is 28.4 Å². The van der Waals surface area contributed by atoms with E-state index in [1.165, 1.54) is 6.92 Å². The Morgan fingerprint density at radius 2 is 1.44 bits per heavy atom. The Morgan fingerprint density at radius 3 is 1.97 bits per heavy atom. The third-order valence-corrected chi connectivity index (χ3v) is 5.32. The molecule has 0 radical (unpaired) electrons. The first kappa shape index (κ1) is 27.4. The summed E-state index contributed by atoms with van der Waals surface area (Å²) >= 11 is 1.77. The molecule has 188 valence electrons. The summed E-state index contributed by atoms with van der Waals surface area (Å²) in [4.78, 5) is 59.2. The average molecular weight is 597 g/mol. The van der Waals surface area contributed by atoms with Crippen LogP contribution < -0.4 is 0 Å². The van der Waals surface area contributed by atoms with Gasteiger partial charge in [0.1, 0.15) is 16.4 Å². The van der Waals surface area contributed by atoms with E-state index in [2.05, 4.69) is 10.3 Å². The first-order valence-electron chi connectivity index (χ1n) is 10.0. The Hall–Kier alpha value is -2.82. The van der Waals surface area contributed by atoms with Crippen LogP contribution in [0, 0.1) is 3.70 Å². The lowest BCUT2D eigenvalue weighted by molar-refractivity contribution is -0.271. The van der Waals surface area contributed by atoms with Crippen molar-refractivity contribution in [2.75, 3.05) is 13.2 Å². The summed E-state index contributed by atoms with van der Waals surface area (Å²) in [6.45, 7) is 5.83. The van der Waals surface area contributed by atoms with Crippen molar-refractivity contribution >= 4 is 52.4 Å². The molecule has 0 spiro atoms. The minimum atomic E-state index is -1.38. The molecule has 2 rings (SSSR count). The van der Waals surface area contributed by atoms with E-state index in [1.807, 2.05) is 0 Å². The van der Waals surface area contributed by atoms with Crippen molar-refractivity contribution < 1.29 is 52.4 Å². The van der Waals surface area contributed by atoms with Crippen LogP contribution in [0.5, 0.6) is 0 Å². The van der Waals surface area contributed by atoms with Crippen molar-refractivity contribution in [2.24, 2.45) is 0 Å². The molecule has 2 heterocycles. The second-order valence-corrected chi connectivity index (χ2v) is 8.01. The van der Waals surface area contributed by atoms with Gasteiger partial charge in [-0.3, -0.25) is 19.2 Å². The highest BCUT2D eigenvalue weighted by Gasteiger charge is 2.53. The molecule has 14 nitrogen and oxygen atoms in total. The summed E-state index contributed by atoms with van der Waals surface area (Å²) in [5.41, 5.74) is -0.129. The zero-order valence-corrected chi connectivity index (χ0v) is 21.2. The molecule has 0 aliphatic carbocycles. The van der Waals surface area contributed by atoms with Gasteiger partial charge in [-0.25, -0.2) is 9.48 Å². The van der Waals surface area contributed by atoms with E-state index in [4.69, 9.17) is 28.4 Å². The molecule has 15 heteroatoms. The van der Waals surface area contributed by atoms with Crippen LogP contribution in [0.15, 0.2) is 0 Å². The second-order valence-electron chi connectivity index (χ2n) is 6.98. The summed E-state index contributed by atoms with van der Waals surface area (Å²) < 4.78 is 33.3. The van der Waals surface area contributed by atoms with E-state index >= 15 is 0 Å². The molecule has 0 saturated carbocycles. The van der Waals surface area contributed by atoms with E-state index < -0.39 is 67.1 Å². The molecule has 0 aromatic carbocycles. The number of carbonyl (C=O) groups excluding carboxylic acids is 5. The van der Waals surface area contributed by atoms with Gasteiger partial charge >= 0.3 is 29.8 Å². The van der Waals surface area contributed by atoms with E-state index in [1.54, 1.807) is 29.5 Å². The van der Waals surface area contributed by atoms with Gasteiger partial charge in [0.2, 0.25) is 5.69 Å². The Labute approximate surface area is 207 Å².